The predicted molar refractivity (Wildman–Crippen MR) is 93.8 cm³/mol. The molecule has 138 valence electrons. The lowest BCUT2D eigenvalue weighted by atomic mass is 10.0. The van der Waals surface area contributed by atoms with Crippen molar-refractivity contribution in [3.05, 3.63) is 65.7 Å². The third-order valence-electron chi connectivity index (χ3n) is 4.64. The van der Waals surface area contributed by atoms with E-state index in [0.29, 0.717) is 18.9 Å². The Morgan fingerprint density at radius 1 is 1.07 bits per heavy atom. The van der Waals surface area contributed by atoms with Crippen LogP contribution in [0.5, 0.6) is 0 Å². The van der Waals surface area contributed by atoms with Gasteiger partial charge in [-0.3, -0.25) is 4.79 Å². The average molecular weight is 369 g/mol. The molecule has 0 spiro atoms. The summed E-state index contributed by atoms with van der Waals surface area (Å²) in [6.07, 6.45) is 1.58. The number of piperidine rings is 1. The molecule has 2 aromatic carbocycles. The molecular formula is C19H17F2N5O. The van der Waals surface area contributed by atoms with Crippen molar-refractivity contribution in [3.8, 4) is 11.4 Å². The van der Waals surface area contributed by atoms with Gasteiger partial charge in [0.15, 0.2) is 11.6 Å². The van der Waals surface area contributed by atoms with Gasteiger partial charge in [-0.25, -0.2) is 8.78 Å². The molecule has 0 unspecified atom stereocenters. The smallest absolute Gasteiger partial charge is 0.254 e. The number of hydrogen-bond acceptors (Lipinski definition) is 4. The van der Waals surface area contributed by atoms with E-state index < -0.39 is 11.6 Å². The number of carbonyl (C=O) groups excluding carboxylic acids is 1. The van der Waals surface area contributed by atoms with Crippen LogP contribution in [-0.2, 0) is 0 Å². The predicted octanol–water partition coefficient (Wildman–Crippen LogP) is 3.10. The van der Waals surface area contributed by atoms with Crippen molar-refractivity contribution in [2.24, 2.45) is 0 Å². The largest absolute Gasteiger partial charge is 0.336 e. The maximum Gasteiger partial charge on any atom is 0.254 e. The zero-order chi connectivity index (χ0) is 18.8. The van der Waals surface area contributed by atoms with E-state index >= 15 is 0 Å². The van der Waals surface area contributed by atoms with E-state index in [2.05, 4.69) is 15.4 Å². The zero-order valence-electron chi connectivity index (χ0n) is 14.4. The van der Waals surface area contributed by atoms with E-state index in [1.165, 1.54) is 10.9 Å². The molecule has 0 aliphatic carbocycles. The van der Waals surface area contributed by atoms with Gasteiger partial charge in [-0.1, -0.05) is 30.3 Å². The lowest BCUT2D eigenvalue weighted by Crippen LogP contribution is -2.41. The minimum atomic E-state index is -1.03. The quantitative estimate of drug-likeness (QED) is 0.712. The molecule has 0 bridgehead atoms. The summed E-state index contributed by atoms with van der Waals surface area (Å²) < 4.78 is 26.5. The minimum absolute atomic E-state index is 0.113. The van der Waals surface area contributed by atoms with Gasteiger partial charge in [0, 0.05) is 24.2 Å². The Morgan fingerprint density at radius 2 is 1.89 bits per heavy atom. The van der Waals surface area contributed by atoms with Gasteiger partial charge in [0.05, 0.1) is 6.04 Å². The fraction of sp³-hybridized carbons (Fsp3) is 0.263. The van der Waals surface area contributed by atoms with Crippen LogP contribution in [0, 0.1) is 11.6 Å². The van der Waals surface area contributed by atoms with E-state index in [0.717, 1.165) is 30.5 Å². The Kier molecular flexibility index (Phi) is 4.62. The summed E-state index contributed by atoms with van der Waals surface area (Å²) in [5, 5.41) is 12.7. The van der Waals surface area contributed by atoms with Crippen LogP contribution < -0.4 is 0 Å². The first-order chi connectivity index (χ1) is 13.1. The Balaban J connectivity index is 1.50. The summed E-state index contributed by atoms with van der Waals surface area (Å²) in [7, 11) is 0. The van der Waals surface area contributed by atoms with Crippen molar-refractivity contribution in [1.82, 2.24) is 25.1 Å². The highest BCUT2D eigenvalue weighted by atomic mass is 19.2. The van der Waals surface area contributed by atoms with Gasteiger partial charge in [0.2, 0.25) is 5.82 Å². The first kappa shape index (κ1) is 17.3. The second-order valence-corrected chi connectivity index (χ2v) is 6.48. The highest BCUT2D eigenvalue weighted by Gasteiger charge is 2.27. The Labute approximate surface area is 154 Å². The number of rotatable bonds is 3. The zero-order valence-corrected chi connectivity index (χ0v) is 14.4. The molecule has 6 nitrogen and oxygen atoms in total. The lowest BCUT2D eigenvalue weighted by Gasteiger charge is -2.32. The molecule has 0 saturated carbocycles. The van der Waals surface area contributed by atoms with Crippen molar-refractivity contribution < 1.29 is 13.6 Å². The van der Waals surface area contributed by atoms with Crippen LogP contribution in [0.4, 0.5) is 8.78 Å². The van der Waals surface area contributed by atoms with Crippen molar-refractivity contribution in [3.63, 3.8) is 0 Å². The van der Waals surface area contributed by atoms with Gasteiger partial charge in [0.25, 0.3) is 5.91 Å². The van der Waals surface area contributed by atoms with Gasteiger partial charge in [-0.05, 0) is 36.3 Å². The Morgan fingerprint density at radius 3 is 2.67 bits per heavy atom. The van der Waals surface area contributed by atoms with E-state index in [4.69, 9.17) is 0 Å². The molecule has 1 aromatic heterocycles. The molecule has 2 heterocycles. The normalized spacial score (nSPS) is 17.1. The van der Waals surface area contributed by atoms with Crippen molar-refractivity contribution in [2.75, 3.05) is 13.1 Å². The number of amides is 1. The molecule has 1 amide bonds. The monoisotopic (exact) mass is 369 g/mol. The second-order valence-electron chi connectivity index (χ2n) is 6.48. The van der Waals surface area contributed by atoms with Crippen molar-refractivity contribution in [1.29, 1.82) is 0 Å². The summed E-state index contributed by atoms with van der Waals surface area (Å²) in [4.78, 5) is 15.8. The number of halogens is 2. The molecule has 1 saturated heterocycles. The maximum atomic E-state index is 13.4. The number of carbonyl (C=O) groups is 1. The standard InChI is InChI=1S/C19H17F2N5O/c20-16-9-8-14(11-17(16)21)19(27)25-10-4-7-15(12-25)26-23-18(22-24-26)13-5-2-1-3-6-13/h1-3,5-6,8-9,11,15H,4,7,10,12H2/t15-/m0/s1. The van der Waals surface area contributed by atoms with Gasteiger partial charge in [-0.15, -0.1) is 10.2 Å². The molecular weight excluding hydrogens is 352 g/mol. The van der Waals surface area contributed by atoms with E-state index in [1.54, 1.807) is 4.90 Å². The van der Waals surface area contributed by atoms with E-state index in [1.807, 2.05) is 30.3 Å². The molecule has 0 N–H and O–H groups in total. The Bertz CT molecular complexity index is 960. The molecule has 8 heteroatoms. The number of tetrazole rings is 1. The average Bonchev–Trinajstić information content (AvgIpc) is 3.21. The highest BCUT2D eigenvalue weighted by Crippen LogP contribution is 2.23. The third-order valence-corrected chi connectivity index (χ3v) is 4.64. The Hall–Kier alpha value is -3.16. The van der Waals surface area contributed by atoms with Crippen LogP contribution >= 0.6 is 0 Å². The molecule has 1 aliphatic rings. The number of nitrogens with zero attached hydrogens (tertiary/aromatic N) is 5. The van der Waals surface area contributed by atoms with Gasteiger partial charge >= 0.3 is 0 Å². The van der Waals surface area contributed by atoms with Crippen LogP contribution in [0.2, 0.25) is 0 Å². The summed E-state index contributed by atoms with van der Waals surface area (Å²) in [5.74, 6) is -1.80. The van der Waals surface area contributed by atoms with Crippen LogP contribution in [0.3, 0.4) is 0 Å². The maximum absolute atomic E-state index is 13.4. The van der Waals surface area contributed by atoms with Crippen LogP contribution in [0.1, 0.15) is 29.2 Å². The molecule has 1 aliphatic heterocycles. The molecule has 1 fully saturated rings. The van der Waals surface area contributed by atoms with E-state index in [-0.39, 0.29) is 17.5 Å². The van der Waals surface area contributed by atoms with Gasteiger partial charge in [-0.2, -0.15) is 4.80 Å². The topological polar surface area (TPSA) is 63.9 Å². The lowest BCUT2D eigenvalue weighted by molar-refractivity contribution is 0.0662. The third kappa shape index (κ3) is 3.55. The molecule has 3 aromatic rings. The molecule has 27 heavy (non-hydrogen) atoms. The summed E-state index contributed by atoms with van der Waals surface area (Å²) in [6.45, 7) is 0.941. The van der Waals surface area contributed by atoms with Gasteiger partial charge in [0.1, 0.15) is 0 Å². The fourth-order valence-corrected chi connectivity index (χ4v) is 3.22. The van der Waals surface area contributed by atoms with Gasteiger partial charge < -0.3 is 4.90 Å². The summed E-state index contributed by atoms with van der Waals surface area (Å²) in [6, 6.07) is 12.6. The first-order valence-electron chi connectivity index (χ1n) is 8.71. The number of hydrogen-bond donors (Lipinski definition) is 0. The van der Waals surface area contributed by atoms with Crippen LogP contribution in [-0.4, -0.2) is 44.1 Å². The van der Waals surface area contributed by atoms with E-state index in [9.17, 15) is 13.6 Å². The summed E-state index contributed by atoms with van der Waals surface area (Å²) in [5.41, 5.74) is 1.00. The summed E-state index contributed by atoms with van der Waals surface area (Å²) >= 11 is 0. The van der Waals surface area contributed by atoms with Crippen LogP contribution in [0.15, 0.2) is 48.5 Å². The number of aromatic nitrogens is 4. The minimum Gasteiger partial charge on any atom is -0.336 e. The molecule has 0 radical (unpaired) electrons. The van der Waals surface area contributed by atoms with Crippen molar-refractivity contribution in [2.45, 2.75) is 18.9 Å². The first-order valence-corrected chi connectivity index (χ1v) is 8.71. The van der Waals surface area contributed by atoms with Crippen LogP contribution in [0.25, 0.3) is 11.4 Å². The highest BCUT2D eigenvalue weighted by molar-refractivity contribution is 5.94. The fourth-order valence-electron chi connectivity index (χ4n) is 3.22. The second kappa shape index (κ2) is 7.22. The SMILES string of the molecule is O=C(c1ccc(F)c(F)c1)N1CCC[C@H](n2nnc(-c3ccccc3)n2)C1. The number of benzene rings is 2. The molecule has 1 atom stereocenters. The molecule has 4 rings (SSSR count). The van der Waals surface area contributed by atoms with Crippen molar-refractivity contribution >= 4 is 5.91 Å². The number of likely N-dealkylation sites (tertiary alicyclic amines) is 1.